The fourth-order valence-corrected chi connectivity index (χ4v) is 0.938. The van der Waals surface area contributed by atoms with Gasteiger partial charge >= 0.3 is 0 Å². The number of carbonyl (C=O) groups excluding carboxylic acids is 2. The Morgan fingerprint density at radius 2 is 1.86 bits per heavy atom. The van der Waals surface area contributed by atoms with Gasteiger partial charge in [0.25, 0.3) is 0 Å². The molecule has 82 valence electrons. The van der Waals surface area contributed by atoms with E-state index in [0.29, 0.717) is 6.54 Å². The van der Waals surface area contributed by atoms with Gasteiger partial charge in [-0.1, -0.05) is 0 Å². The molecule has 1 unspecified atom stereocenters. The summed E-state index contributed by atoms with van der Waals surface area (Å²) in [5.41, 5.74) is 5.45. The third kappa shape index (κ3) is 3.74. The molecular weight excluding hydrogens is 182 g/mol. The molecule has 0 rings (SSSR count). The van der Waals surface area contributed by atoms with Gasteiger partial charge in [0.15, 0.2) is 0 Å². The molecule has 0 heterocycles. The second-order valence-corrected chi connectivity index (χ2v) is 3.43. The summed E-state index contributed by atoms with van der Waals surface area (Å²) in [6.07, 6.45) is 0. The third-order valence-electron chi connectivity index (χ3n) is 1.91. The molecule has 0 spiro atoms. The minimum absolute atomic E-state index is 0.0964. The zero-order valence-electron chi connectivity index (χ0n) is 9.28. The summed E-state index contributed by atoms with van der Waals surface area (Å²) in [7, 11) is 3.32. The minimum atomic E-state index is -0.551. The van der Waals surface area contributed by atoms with E-state index in [9.17, 15) is 9.59 Å². The summed E-state index contributed by atoms with van der Waals surface area (Å²) < 4.78 is 0. The van der Waals surface area contributed by atoms with E-state index >= 15 is 0 Å². The Morgan fingerprint density at radius 1 is 1.36 bits per heavy atom. The molecule has 0 fully saturated rings. The van der Waals surface area contributed by atoms with Crippen LogP contribution in [0.25, 0.3) is 0 Å². The second kappa shape index (κ2) is 5.59. The van der Waals surface area contributed by atoms with Crippen LogP contribution in [0.15, 0.2) is 0 Å². The lowest BCUT2D eigenvalue weighted by molar-refractivity contribution is -0.139. The Morgan fingerprint density at radius 3 is 2.14 bits per heavy atom. The summed E-state index contributed by atoms with van der Waals surface area (Å²) in [4.78, 5) is 25.7. The topological polar surface area (TPSA) is 66.6 Å². The molecule has 0 saturated carbocycles. The van der Waals surface area contributed by atoms with Gasteiger partial charge in [-0.25, -0.2) is 0 Å². The molecule has 5 heteroatoms. The van der Waals surface area contributed by atoms with Crippen molar-refractivity contribution < 1.29 is 9.59 Å². The lowest BCUT2D eigenvalue weighted by Gasteiger charge is -2.23. The minimum Gasteiger partial charge on any atom is -0.347 e. The van der Waals surface area contributed by atoms with Crippen LogP contribution in [0.2, 0.25) is 0 Å². The number of nitrogens with zero attached hydrogens (tertiary/aromatic N) is 2. The number of carbonyl (C=O) groups is 2. The normalized spacial score (nSPS) is 12.1. The standard InChI is InChI=1S/C9H19N3O2/c1-5-12(9(14)7(2)10)6-8(13)11(3)4/h7H,5-6,10H2,1-4H3. The van der Waals surface area contributed by atoms with Crippen LogP contribution in [0, 0.1) is 0 Å². The van der Waals surface area contributed by atoms with Crippen LogP contribution in [0.3, 0.4) is 0 Å². The molecular formula is C9H19N3O2. The summed E-state index contributed by atoms with van der Waals surface area (Å²) in [6.45, 7) is 4.04. The van der Waals surface area contributed by atoms with Crippen LogP contribution < -0.4 is 5.73 Å². The molecule has 0 bridgehead atoms. The average molecular weight is 201 g/mol. The number of hydrogen-bond donors (Lipinski definition) is 1. The monoisotopic (exact) mass is 201 g/mol. The Bertz CT molecular complexity index is 214. The van der Waals surface area contributed by atoms with E-state index in [0.717, 1.165) is 0 Å². The molecule has 0 aliphatic rings. The largest absolute Gasteiger partial charge is 0.347 e. The van der Waals surface area contributed by atoms with Crippen LogP contribution in [-0.2, 0) is 9.59 Å². The van der Waals surface area contributed by atoms with E-state index in [4.69, 9.17) is 5.73 Å². The molecule has 0 aromatic rings. The average Bonchev–Trinajstić information content (AvgIpc) is 2.12. The summed E-state index contributed by atoms with van der Waals surface area (Å²) in [5.74, 6) is -0.288. The van der Waals surface area contributed by atoms with E-state index in [-0.39, 0.29) is 18.4 Å². The lowest BCUT2D eigenvalue weighted by Crippen LogP contribution is -2.46. The van der Waals surface area contributed by atoms with E-state index in [1.807, 2.05) is 6.92 Å². The van der Waals surface area contributed by atoms with Gasteiger partial charge < -0.3 is 15.5 Å². The molecule has 0 aromatic heterocycles. The van der Waals surface area contributed by atoms with Gasteiger partial charge in [-0.3, -0.25) is 9.59 Å². The van der Waals surface area contributed by atoms with Crippen molar-refractivity contribution in [2.24, 2.45) is 5.73 Å². The first-order chi connectivity index (χ1) is 6.40. The van der Waals surface area contributed by atoms with Crippen LogP contribution in [-0.4, -0.2) is 54.8 Å². The van der Waals surface area contributed by atoms with Crippen molar-refractivity contribution in [3.05, 3.63) is 0 Å². The Hall–Kier alpha value is -1.10. The van der Waals surface area contributed by atoms with Gasteiger partial charge in [-0.2, -0.15) is 0 Å². The number of rotatable bonds is 4. The predicted molar refractivity (Wildman–Crippen MR) is 54.6 cm³/mol. The number of hydrogen-bond acceptors (Lipinski definition) is 3. The zero-order valence-corrected chi connectivity index (χ0v) is 9.28. The van der Waals surface area contributed by atoms with Crippen molar-refractivity contribution in [3.63, 3.8) is 0 Å². The first-order valence-corrected chi connectivity index (χ1v) is 4.64. The van der Waals surface area contributed by atoms with E-state index < -0.39 is 6.04 Å². The molecule has 5 nitrogen and oxygen atoms in total. The first kappa shape index (κ1) is 12.9. The Kier molecular flexibility index (Phi) is 5.15. The summed E-state index contributed by atoms with van der Waals surface area (Å²) >= 11 is 0. The maximum atomic E-state index is 11.5. The molecule has 0 aliphatic heterocycles. The Balaban J connectivity index is 4.30. The maximum absolute atomic E-state index is 11.5. The van der Waals surface area contributed by atoms with Crippen LogP contribution in [0.5, 0.6) is 0 Å². The SMILES string of the molecule is CCN(CC(=O)N(C)C)C(=O)C(C)N. The zero-order chi connectivity index (χ0) is 11.3. The smallest absolute Gasteiger partial charge is 0.241 e. The van der Waals surface area contributed by atoms with Gasteiger partial charge in [-0.15, -0.1) is 0 Å². The van der Waals surface area contributed by atoms with Gasteiger partial charge in [0.2, 0.25) is 11.8 Å². The van der Waals surface area contributed by atoms with Crippen molar-refractivity contribution in [1.29, 1.82) is 0 Å². The van der Waals surface area contributed by atoms with Gasteiger partial charge in [0, 0.05) is 20.6 Å². The fourth-order valence-electron chi connectivity index (χ4n) is 0.938. The van der Waals surface area contributed by atoms with Gasteiger partial charge in [-0.05, 0) is 13.8 Å². The van der Waals surface area contributed by atoms with Crippen molar-refractivity contribution in [3.8, 4) is 0 Å². The number of likely N-dealkylation sites (N-methyl/N-ethyl adjacent to an activating group) is 2. The van der Waals surface area contributed by atoms with Gasteiger partial charge in [0.05, 0.1) is 12.6 Å². The summed E-state index contributed by atoms with van der Waals surface area (Å²) in [6, 6.07) is -0.551. The summed E-state index contributed by atoms with van der Waals surface area (Å²) in [5, 5.41) is 0. The second-order valence-electron chi connectivity index (χ2n) is 3.43. The van der Waals surface area contributed by atoms with Crippen molar-refractivity contribution in [2.75, 3.05) is 27.2 Å². The Labute approximate surface area is 84.8 Å². The number of nitrogens with two attached hydrogens (primary N) is 1. The van der Waals surface area contributed by atoms with Crippen molar-refractivity contribution in [1.82, 2.24) is 9.80 Å². The van der Waals surface area contributed by atoms with Crippen LogP contribution in [0.4, 0.5) is 0 Å². The van der Waals surface area contributed by atoms with Crippen LogP contribution >= 0.6 is 0 Å². The quantitative estimate of drug-likeness (QED) is 0.652. The van der Waals surface area contributed by atoms with E-state index in [1.165, 1.54) is 9.80 Å². The fraction of sp³-hybridized carbons (Fsp3) is 0.778. The highest BCUT2D eigenvalue weighted by Crippen LogP contribution is 1.94. The molecule has 0 aromatic carbocycles. The molecule has 0 radical (unpaired) electrons. The van der Waals surface area contributed by atoms with Gasteiger partial charge in [0.1, 0.15) is 0 Å². The predicted octanol–water partition coefficient (Wildman–Crippen LogP) is -0.730. The molecule has 14 heavy (non-hydrogen) atoms. The molecule has 0 aliphatic carbocycles. The van der Waals surface area contributed by atoms with E-state index in [1.54, 1.807) is 21.0 Å². The highest BCUT2D eigenvalue weighted by atomic mass is 16.2. The van der Waals surface area contributed by atoms with E-state index in [2.05, 4.69) is 0 Å². The lowest BCUT2D eigenvalue weighted by atomic mass is 10.3. The molecule has 2 amide bonds. The maximum Gasteiger partial charge on any atom is 0.241 e. The highest BCUT2D eigenvalue weighted by Gasteiger charge is 2.19. The third-order valence-corrected chi connectivity index (χ3v) is 1.91. The molecule has 0 saturated heterocycles. The van der Waals surface area contributed by atoms with Crippen molar-refractivity contribution in [2.45, 2.75) is 19.9 Å². The number of amides is 2. The molecule has 2 N–H and O–H groups in total. The van der Waals surface area contributed by atoms with Crippen molar-refractivity contribution >= 4 is 11.8 Å². The highest BCUT2D eigenvalue weighted by molar-refractivity contribution is 5.86. The molecule has 1 atom stereocenters. The first-order valence-electron chi connectivity index (χ1n) is 4.64. The van der Waals surface area contributed by atoms with Crippen LogP contribution in [0.1, 0.15) is 13.8 Å².